The van der Waals surface area contributed by atoms with Gasteiger partial charge < -0.3 is 19.9 Å². The van der Waals surface area contributed by atoms with Crippen molar-refractivity contribution in [3.8, 4) is 5.75 Å². The van der Waals surface area contributed by atoms with E-state index < -0.39 is 0 Å². The van der Waals surface area contributed by atoms with Crippen LogP contribution in [0.5, 0.6) is 5.75 Å². The van der Waals surface area contributed by atoms with E-state index >= 15 is 0 Å². The van der Waals surface area contributed by atoms with Crippen molar-refractivity contribution in [3.63, 3.8) is 0 Å². The number of benzene rings is 2. The second kappa shape index (κ2) is 7.31. The van der Waals surface area contributed by atoms with Gasteiger partial charge in [0.2, 0.25) is 5.91 Å². The number of anilines is 2. The lowest BCUT2D eigenvalue weighted by atomic mass is 10.1. The van der Waals surface area contributed by atoms with Gasteiger partial charge in [0.05, 0.1) is 17.8 Å². The largest absolute Gasteiger partial charge is 0.479 e. The normalized spacial score (nSPS) is 16.4. The number of carbonyl (C=O) groups is 2. The molecule has 2 aliphatic heterocycles. The molecular formula is C21H23N3O3. The SMILES string of the molecule is Cc1cccc(CC(=O)N2CCN(c3cccc4c3OCC(=O)N4)CC2)c1. The lowest BCUT2D eigenvalue weighted by Crippen LogP contribution is -2.49. The Morgan fingerprint density at radius 2 is 1.89 bits per heavy atom. The number of nitrogens with zero attached hydrogens (tertiary/aromatic N) is 2. The van der Waals surface area contributed by atoms with Gasteiger partial charge in [-0.3, -0.25) is 9.59 Å². The second-order valence-corrected chi connectivity index (χ2v) is 7.02. The minimum Gasteiger partial charge on any atom is -0.479 e. The van der Waals surface area contributed by atoms with Crippen molar-refractivity contribution in [2.45, 2.75) is 13.3 Å². The number of ether oxygens (including phenoxy) is 1. The maximum absolute atomic E-state index is 12.6. The fraction of sp³-hybridized carbons (Fsp3) is 0.333. The van der Waals surface area contributed by atoms with Crippen molar-refractivity contribution >= 4 is 23.2 Å². The Balaban J connectivity index is 1.40. The number of aryl methyl sites for hydroxylation is 1. The van der Waals surface area contributed by atoms with Crippen molar-refractivity contribution in [1.29, 1.82) is 0 Å². The van der Waals surface area contributed by atoms with Crippen LogP contribution >= 0.6 is 0 Å². The first kappa shape index (κ1) is 17.4. The van der Waals surface area contributed by atoms with Crippen molar-refractivity contribution in [2.24, 2.45) is 0 Å². The summed E-state index contributed by atoms with van der Waals surface area (Å²) in [5, 5.41) is 2.84. The number of hydrogen-bond donors (Lipinski definition) is 1. The molecule has 27 heavy (non-hydrogen) atoms. The molecule has 1 N–H and O–H groups in total. The smallest absolute Gasteiger partial charge is 0.262 e. The molecule has 0 aliphatic carbocycles. The van der Waals surface area contributed by atoms with E-state index in [9.17, 15) is 9.59 Å². The minimum absolute atomic E-state index is 0.0406. The summed E-state index contributed by atoms with van der Waals surface area (Å²) in [4.78, 5) is 28.3. The number of nitrogens with one attached hydrogen (secondary N) is 1. The molecule has 2 amide bonds. The molecule has 4 rings (SSSR count). The molecule has 6 heteroatoms. The zero-order chi connectivity index (χ0) is 18.8. The molecule has 0 unspecified atom stereocenters. The van der Waals surface area contributed by atoms with E-state index in [2.05, 4.69) is 16.3 Å². The van der Waals surface area contributed by atoms with E-state index in [4.69, 9.17) is 4.74 Å². The van der Waals surface area contributed by atoms with Gasteiger partial charge in [0.25, 0.3) is 5.91 Å². The van der Waals surface area contributed by atoms with E-state index in [1.807, 2.05) is 48.2 Å². The average Bonchev–Trinajstić information content (AvgIpc) is 2.67. The van der Waals surface area contributed by atoms with Gasteiger partial charge in [-0.2, -0.15) is 0 Å². The van der Waals surface area contributed by atoms with Gasteiger partial charge >= 0.3 is 0 Å². The van der Waals surface area contributed by atoms with Crippen LogP contribution in [0.4, 0.5) is 11.4 Å². The highest BCUT2D eigenvalue weighted by Gasteiger charge is 2.26. The molecule has 2 aromatic rings. The quantitative estimate of drug-likeness (QED) is 0.906. The number of hydrogen-bond acceptors (Lipinski definition) is 4. The van der Waals surface area contributed by atoms with E-state index in [0.717, 1.165) is 30.1 Å². The number of rotatable bonds is 3. The zero-order valence-corrected chi connectivity index (χ0v) is 15.4. The van der Waals surface area contributed by atoms with Gasteiger partial charge in [0, 0.05) is 26.2 Å². The summed E-state index contributed by atoms with van der Waals surface area (Å²) in [6.07, 6.45) is 0.442. The molecule has 2 aliphatic rings. The average molecular weight is 365 g/mol. The molecule has 0 radical (unpaired) electrons. The first-order valence-electron chi connectivity index (χ1n) is 9.24. The maximum atomic E-state index is 12.6. The summed E-state index contributed by atoms with van der Waals surface area (Å²) >= 11 is 0. The Bertz CT molecular complexity index is 873. The van der Waals surface area contributed by atoms with Gasteiger partial charge in [-0.15, -0.1) is 0 Å². The van der Waals surface area contributed by atoms with Gasteiger partial charge in [-0.25, -0.2) is 0 Å². The van der Waals surface area contributed by atoms with Crippen LogP contribution in [0.25, 0.3) is 0 Å². The zero-order valence-electron chi connectivity index (χ0n) is 15.4. The van der Waals surface area contributed by atoms with Crippen LogP contribution in [0, 0.1) is 6.92 Å². The van der Waals surface area contributed by atoms with E-state index in [0.29, 0.717) is 25.2 Å². The van der Waals surface area contributed by atoms with Crippen molar-refractivity contribution < 1.29 is 14.3 Å². The predicted molar refractivity (Wildman–Crippen MR) is 104 cm³/mol. The topological polar surface area (TPSA) is 61.9 Å². The van der Waals surface area contributed by atoms with E-state index in [1.54, 1.807) is 0 Å². The summed E-state index contributed by atoms with van der Waals surface area (Å²) in [6, 6.07) is 13.9. The standard InChI is InChI=1S/C21H23N3O3/c1-15-4-2-5-16(12-15)13-20(26)24-10-8-23(9-11-24)18-7-3-6-17-21(18)27-14-19(25)22-17/h2-7,12H,8-11,13-14H2,1H3,(H,22,25). The van der Waals surface area contributed by atoms with Crippen LogP contribution in [0.3, 0.4) is 0 Å². The fourth-order valence-corrected chi connectivity index (χ4v) is 3.65. The Hall–Kier alpha value is -3.02. The predicted octanol–water partition coefficient (Wildman–Crippen LogP) is 2.22. The maximum Gasteiger partial charge on any atom is 0.262 e. The molecule has 140 valence electrons. The Morgan fingerprint density at radius 1 is 1.11 bits per heavy atom. The molecular weight excluding hydrogens is 342 g/mol. The molecule has 0 aromatic heterocycles. The lowest BCUT2D eigenvalue weighted by Gasteiger charge is -2.37. The highest BCUT2D eigenvalue weighted by Crippen LogP contribution is 2.38. The molecule has 0 atom stereocenters. The van der Waals surface area contributed by atoms with Gasteiger partial charge in [-0.05, 0) is 24.6 Å². The van der Waals surface area contributed by atoms with E-state index in [1.165, 1.54) is 5.56 Å². The molecule has 1 saturated heterocycles. The summed E-state index contributed by atoms with van der Waals surface area (Å²) in [5.41, 5.74) is 3.91. The lowest BCUT2D eigenvalue weighted by molar-refractivity contribution is -0.130. The van der Waals surface area contributed by atoms with Crippen LogP contribution < -0.4 is 15.0 Å². The van der Waals surface area contributed by atoms with Crippen molar-refractivity contribution in [1.82, 2.24) is 4.90 Å². The minimum atomic E-state index is -0.133. The molecule has 1 fully saturated rings. The molecule has 2 heterocycles. The monoisotopic (exact) mass is 365 g/mol. The summed E-state index contributed by atoms with van der Waals surface area (Å²) in [5.74, 6) is 0.752. The Kier molecular flexibility index (Phi) is 4.71. The first-order valence-corrected chi connectivity index (χ1v) is 9.24. The van der Waals surface area contributed by atoms with Crippen LogP contribution in [0.15, 0.2) is 42.5 Å². The van der Waals surface area contributed by atoms with Gasteiger partial charge in [0.1, 0.15) is 0 Å². The fourth-order valence-electron chi connectivity index (χ4n) is 3.65. The van der Waals surface area contributed by atoms with Gasteiger partial charge in [0.15, 0.2) is 12.4 Å². The second-order valence-electron chi connectivity index (χ2n) is 7.02. The summed E-state index contributed by atoms with van der Waals surface area (Å²) in [7, 11) is 0. The Morgan fingerprint density at radius 3 is 2.67 bits per heavy atom. The third kappa shape index (κ3) is 3.74. The molecule has 6 nitrogen and oxygen atoms in total. The highest BCUT2D eigenvalue weighted by molar-refractivity contribution is 5.97. The van der Waals surface area contributed by atoms with E-state index in [-0.39, 0.29) is 18.4 Å². The third-order valence-electron chi connectivity index (χ3n) is 5.03. The number of fused-ring (bicyclic) bond motifs is 1. The molecule has 2 aromatic carbocycles. The summed E-state index contributed by atoms with van der Waals surface area (Å²) in [6.45, 7) is 4.93. The number of amides is 2. The number of carbonyl (C=O) groups excluding carboxylic acids is 2. The number of para-hydroxylation sites is 1. The van der Waals surface area contributed by atoms with Crippen LogP contribution in [0.2, 0.25) is 0 Å². The molecule has 0 bridgehead atoms. The molecule has 0 saturated carbocycles. The van der Waals surface area contributed by atoms with Crippen LogP contribution in [-0.2, 0) is 16.0 Å². The summed E-state index contributed by atoms with van der Waals surface area (Å²) < 4.78 is 5.65. The third-order valence-corrected chi connectivity index (χ3v) is 5.03. The van der Waals surface area contributed by atoms with Crippen molar-refractivity contribution in [2.75, 3.05) is 43.0 Å². The Labute approximate surface area is 158 Å². The number of piperazine rings is 1. The first-order chi connectivity index (χ1) is 13.1. The molecule has 0 spiro atoms. The van der Waals surface area contributed by atoms with Gasteiger partial charge in [-0.1, -0.05) is 35.9 Å². The van der Waals surface area contributed by atoms with Crippen molar-refractivity contribution in [3.05, 3.63) is 53.6 Å². The van der Waals surface area contributed by atoms with Crippen LogP contribution in [-0.4, -0.2) is 49.5 Å². The van der Waals surface area contributed by atoms with Crippen LogP contribution in [0.1, 0.15) is 11.1 Å². The highest BCUT2D eigenvalue weighted by atomic mass is 16.5.